The smallest absolute Gasteiger partial charge is 0.0541 e. The third kappa shape index (κ3) is 4.95. The Hall–Kier alpha value is -0.600. The van der Waals surface area contributed by atoms with Crippen molar-refractivity contribution in [1.29, 1.82) is 0 Å². The minimum Gasteiger partial charge on any atom is -0.308 e. The standard InChI is InChI=1S/C13H22N2.ClH/c1-5-12(13(2,3)4)15-10-11-8-6-7-9-14-11;/h6-9,12,15H,5,10H2,1-4H3;1H. The lowest BCUT2D eigenvalue weighted by Crippen LogP contribution is -2.39. The van der Waals surface area contributed by atoms with Crippen LogP contribution in [0.4, 0.5) is 0 Å². The summed E-state index contributed by atoms with van der Waals surface area (Å²) in [6.45, 7) is 9.89. The van der Waals surface area contributed by atoms with Gasteiger partial charge in [0, 0.05) is 18.8 Å². The van der Waals surface area contributed by atoms with Crippen molar-refractivity contribution in [3.63, 3.8) is 0 Å². The predicted octanol–water partition coefficient (Wildman–Crippen LogP) is 3.42. The van der Waals surface area contributed by atoms with Crippen LogP contribution in [-0.4, -0.2) is 11.0 Å². The predicted molar refractivity (Wildman–Crippen MR) is 71.9 cm³/mol. The first kappa shape index (κ1) is 15.4. The molecule has 2 nitrogen and oxygen atoms in total. The summed E-state index contributed by atoms with van der Waals surface area (Å²) >= 11 is 0. The van der Waals surface area contributed by atoms with Gasteiger partial charge in [-0.3, -0.25) is 4.98 Å². The second-order valence-electron chi connectivity index (χ2n) is 5.03. The summed E-state index contributed by atoms with van der Waals surface area (Å²) in [7, 11) is 0. The molecule has 1 unspecified atom stereocenters. The molecule has 0 spiro atoms. The first-order valence-electron chi connectivity index (χ1n) is 5.67. The molecule has 1 aromatic heterocycles. The van der Waals surface area contributed by atoms with Gasteiger partial charge in [-0.1, -0.05) is 33.8 Å². The zero-order valence-corrected chi connectivity index (χ0v) is 11.5. The Balaban J connectivity index is 0.00000225. The lowest BCUT2D eigenvalue weighted by molar-refractivity contribution is 0.259. The van der Waals surface area contributed by atoms with Gasteiger partial charge in [0.25, 0.3) is 0 Å². The van der Waals surface area contributed by atoms with Crippen LogP contribution in [0.25, 0.3) is 0 Å². The minimum atomic E-state index is 0. The van der Waals surface area contributed by atoms with Crippen molar-refractivity contribution < 1.29 is 0 Å². The Morgan fingerprint density at radius 3 is 2.44 bits per heavy atom. The van der Waals surface area contributed by atoms with E-state index in [-0.39, 0.29) is 12.4 Å². The largest absolute Gasteiger partial charge is 0.308 e. The molecular weight excluding hydrogens is 220 g/mol. The van der Waals surface area contributed by atoms with Gasteiger partial charge in [-0.2, -0.15) is 0 Å². The molecule has 1 heterocycles. The second-order valence-corrected chi connectivity index (χ2v) is 5.03. The van der Waals surface area contributed by atoms with Gasteiger partial charge in [-0.15, -0.1) is 12.4 Å². The van der Waals surface area contributed by atoms with E-state index in [0.717, 1.165) is 18.7 Å². The normalized spacial score (nSPS) is 13.0. The van der Waals surface area contributed by atoms with Crippen molar-refractivity contribution in [2.75, 3.05) is 0 Å². The van der Waals surface area contributed by atoms with Crippen molar-refractivity contribution in [1.82, 2.24) is 10.3 Å². The Morgan fingerprint density at radius 1 is 1.31 bits per heavy atom. The Morgan fingerprint density at radius 2 is 2.00 bits per heavy atom. The van der Waals surface area contributed by atoms with Crippen LogP contribution in [-0.2, 0) is 6.54 Å². The Labute approximate surface area is 105 Å². The number of halogens is 1. The van der Waals surface area contributed by atoms with E-state index in [1.165, 1.54) is 0 Å². The molecule has 0 aromatic carbocycles. The van der Waals surface area contributed by atoms with Gasteiger partial charge in [0.1, 0.15) is 0 Å². The lowest BCUT2D eigenvalue weighted by Gasteiger charge is -2.30. The Kier molecular flexibility index (Phi) is 6.61. The molecule has 0 amide bonds. The van der Waals surface area contributed by atoms with Gasteiger partial charge in [0.15, 0.2) is 0 Å². The molecule has 92 valence electrons. The second kappa shape index (κ2) is 6.87. The highest BCUT2D eigenvalue weighted by molar-refractivity contribution is 5.85. The van der Waals surface area contributed by atoms with Gasteiger partial charge in [0.2, 0.25) is 0 Å². The number of hydrogen-bond donors (Lipinski definition) is 1. The molecule has 0 radical (unpaired) electrons. The van der Waals surface area contributed by atoms with Crippen LogP contribution in [0.15, 0.2) is 24.4 Å². The fraction of sp³-hybridized carbons (Fsp3) is 0.615. The van der Waals surface area contributed by atoms with E-state index in [9.17, 15) is 0 Å². The maximum atomic E-state index is 4.30. The number of pyridine rings is 1. The molecule has 0 aliphatic carbocycles. The minimum absolute atomic E-state index is 0. The molecule has 1 atom stereocenters. The van der Waals surface area contributed by atoms with E-state index in [1.54, 1.807) is 0 Å². The molecule has 1 aromatic rings. The van der Waals surface area contributed by atoms with Crippen LogP contribution in [0, 0.1) is 5.41 Å². The first-order chi connectivity index (χ1) is 7.04. The lowest BCUT2D eigenvalue weighted by atomic mass is 9.85. The number of nitrogens with one attached hydrogen (secondary N) is 1. The van der Waals surface area contributed by atoms with Crippen molar-refractivity contribution in [3.8, 4) is 0 Å². The summed E-state index contributed by atoms with van der Waals surface area (Å²) in [4.78, 5) is 4.30. The van der Waals surface area contributed by atoms with Crippen LogP contribution < -0.4 is 5.32 Å². The van der Waals surface area contributed by atoms with Gasteiger partial charge < -0.3 is 5.32 Å². The molecule has 1 N–H and O–H groups in total. The van der Waals surface area contributed by atoms with E-state index in [2.05, 4.69) is 44.1 Å². The van der Waals surface area contributed by atoms with Crippen molar-refractivity contribution in [3.05, 3.63) is 30.1 Å². The van der Waals surface area contributed by atoms with E-state index in [0.29, 0.717) is 11.5 Å². The fourth-order valence-corrected chi connectivity index (χ4v) is 1.79. The molecule has 3 heteroatoms. The molecule has 0 aliphatic heterocycles. The average molecular weight is 243 g/mol. The third-order valence-corrected chi connectivity index (χ3v) is 2.71. The molecule has 0 aliphatic rings. The highest BCUT2D eigenvalue weighted by atomic mass is 35.5. The highest BCUT2D eigenvalue weighted by Crippen LogP contribution is 2.21. The van der Waals surface area contributed by atoms with Crippen LogP contribution in [0.3, 0.4) is 0 Å². The van der Waals surface area contributed by atoms with Gasteiger partial charge in [-0.05, 0) is 24.0 Å². The van der Waals surface area contributed by atoms with Gasteiger partial charge in [0.05, 0.1) is 5.69 Å². The molecule has 1 rings (SSSR count). The summed E-state index contributed by atoms with van der Waals surface area (Å²) in [6, 6.07) is 6.58. The SMILES string of the molecule is CCC(NCc1ccccn1)C(C)(C)C.Cl. The molecule has 0 saturated heterocycles. The highest BCUT2D eigenvalue weighted by Gasteiger charge is 2.21. The fourth-order valence-electron chi connectivity index (χ4n) is 1.79. The van der Waals surface area contributed by atoms with Gasteiger partial charge in [-0.25, -0.2) is 0 Å². The average Bonchev–Trinajstić information content (AvgIpc) is 2.18. The topological polar surface area (TPSA) is 24.9 Å². The molecule has 0 saturated carbocycles. The maximum absolute atomic E-state index is 4.30. The van der Waals surface area contributed by atoms with Gasteiger partial charge >= 0.3 is 0 Å². The van der Waals surface area contributed by atoms with E-state index >= 15 is 0 Å². The van der Waals surface area contributed by atoms with Crippen LogP contribution in [0.2, 0.25) is 0 Å². The molecule has 0 fully saturated rings. The number of nitrogens with zero attached hydrogens (tertiary/aromatic N) is 1. The maximum Gasteiger partial charge on any atom is 0.0541 e. The van der Waals surface area contributed by atoms with E-state index < -0.39 is 0 Å². The Bertz CT molecular complexity index is 280. The molecular formula is C13H23ClN2. The van der Waals surface area contributed by atoms with E-state index in [1.807, 2.05) is 18.3 Å². The number of aromatic nitrogens is 1. The van der Waals surface area contributed by atoms with Crippen molar-refractivity contribution in [2.24, 2.45) is 5.41 Å². The van der Waals surface area contributed by atoms with Crippen molar-refractivity contribution >= 4 is 12.4 Å². The monoisotopic (exact) mass is 242 g/mol. The van der Waals surface area contributed by atoms with Crippen molar-refractivity contribution in [2.45, 2.75) is 46.7 Å². The summed E-state index contributed by atoms with van der Waals surface area (Å²) < 4.78 is 0. The molecule has 16 heavy (non-hydrogen) atoms. The number of hydrogen-bond acceptors (Lipinski definition) is 2. The quantitative estimate of drug-likeness (QED) is 0.875. The third-order valence-electron chi connectivity index (χ3n) is 2.71. The summed E-state index contributed by atoms with van der Waals surface area (Å²) in [5.41, 5.74) is 1.42. The zero-order chi connectivity index (χ0) is 11.3. The summed E-state index contributed by atoms with van der Waals surface area (Å²) in [6.07, 6.45) is 2.99. The number of rotatable bonds is 4. The first-order valence-corrected chi connectivity index (χ1v) is 5.67. The summed E-state index contributed by atoms with van der Waals surface area (Å²) in [5.74, 6) is 0. The van der Waals surface area contributed by atoms with E-state index in [4.69, 9.17) is 0 Å². The van der Waals surface area contributed by atoms with Crippen LogP contribution in [0.1, 0.15) is 39.8 Å². The van der Waals surface area contributed by atoms with Crippen LogP contribution in [0.5, 0.6) is 0 Å². The zero-order valence-electron chi connectivity index (χ0n) is 10.7. The van der Waals surface area contributed by atoms with Crippen LogP contribution >= 0.6 is 12.4 Å². The molecule has 0 bridgehead atoms. The summed E-state index contributed by atoms with van der Waals surface area (Å²) in [5, 5.41) is 3.56.